The molecule has 1 heterocycles. The summed E-state index contributed by atoms with van der Waals surface area (Å²) >= 11 is 0. The summed E-state index contributed by atoms with van der Waals surface area (Å²) in [6, 6.07) is 12.2. The van der Waals surface area contributed by atoms with E-state index in [1.165, 1.54) is 4.90 Å². The van der Waals surface area contributed by atoms with Gasteiger partial charge < -0.3 is 19.5 Å². The molecule has 6 heteroatoms. The zero-order chi connectivity index (χ0) is 23.4. The Hall–Kier alpha value is -3.12. The first-order chi connectivity index (χ1) is 15.2. The van der Waals surface area contributed by atoms with Crippen molar-refractivity contribution in [2.75, 3.05) is 19.8 Å². The molecule has 6 nitrogen and oxygen atoms in total. The van der Waals surface area contributed by atoms with Crippen molar-refractivity contribution in [3.05, 3.63) is 70.3 Å². The highest BCUT2D eigenvalue weighted by Gasteiger charge is 2.45. The molecule has 1 saturated heterocycles. The van der Waals surface area contributed by atoms with Crippen molar-refractivity contribution >= 4 is 17.4 Å². The van der Waals surface area contributed by atoms with E-state index in [1.54, 1.807) is 18.2 Å². The number of rotatable bonds is 8. The fraction of sp³-hybridized carbons (Fsp3) is 0.385. The third kappa shape index (κ3) is 4.86. The number of ether oxygens (including phenoxy) is 2. The van der Waals surface area contributed by atoms with E-state index in [2.05, 4.69) is 0 Å². The van der Waals surface area contributed by atoms with Gasteiger partial charge in [0, 0.05) is 12.1 Å². The molecule has 1 fully saturated rings. The quantitative estimate of drug-likeness (QED) is 0.373. The van der Waals surface area contributed by atoms with Crippen LogP contribution in [-0.2, 0) is 14.3 Å². The standard InChI is InChI=1S/C26H31NO5/c1-6-31-21-11-10-20(15-18(21)5)24(28)22-23(19-9-7-8-17(4)14-19)27(26(30)25(22)29)12-13-32-16(2)3/h7-11,14-16,23,28H,6,12-13H2,1-5H3/b24-22-. The maximum absolute atomic E-state index is 13.1. The first-order valence-electron chi connectivity index (χ1n) is 10.9. The molecule has 0 aliphatic carbocycles. The predicted molar refractivity (Wildman–Crippen MR) is 124 cm³/mol. The molecule has 32 heavy (non-hydrogen) atoms. The highest BCUT2D eigenvalue weighted by atomic mass is 16.5. The van der Waals surface area contributed by atoms with Crippen LogP contribution >= 0.6 is 0 Å². The SMILES string of the molecule is CCOc1ccc(/C(O)=C2/C(=O)C(=O)N(CCOC(C)C)C2c2cccc(C)c2)cc1C. The van der Waals surface area contributed by atoms with E-state index in [9.17, 15) is 14.7 Å². The fourth-order valence-electron chi connectivity index (χ4n) is 3.95. The van der Waals surface area contributed by atoms with Crippen LogP contribution < -0.4 is 4.74 Å². The van der Waals surface area contributed by atoms with Gasteiger partial charge in [0.25, 0.3) is 11.7 Å². The van der Waals surface area contributed by atoms with Crippen molar-refractivity contribution in [1.29, 1.82) is 0 Å². The monoisotopic (exact) mass is 437 g/mol. The largest absolute Gasteiger partial charge is 0.507 e. The van der Waals surface area contributed by atoms with Crippen LogP contribution in [0.1, 0.15) is 49.1 Å². The number of amides is 1. The molecular formula is C26H31NO5. The van der Waals surface area contributed by atoms with E-state index in [-0.39, 0.29) is 24.0 Å². The number of Topliss-reactive ketones (excluding diaryl/α,β-unsaturated/α-hetero) is 1. The van der Waals surface area contributed by atoms with E-state index in [0.717, 1.165) is 16.7 Å². The molecule has 1 unspecified atom stereocenters. The summed E-state index contributed by atoms with van der Waals surface area (Å²) < 4.78 is 11.2. The Balaban J connectivity index is 2.09. The number of nitrogens with zero attached hydrogens (tertiary/aromatic N) is 1. The molecule has 170 valence electrons. The van der Waals surface area contributed by atoms with E-state index >= 15 is 0 Å². The summed E-state index contributed by atoms with van der Waals surface area (Å²) in [6.45, 7) is 10.6. The zero-order valence-electron chi connectivity index (χ0n) is 19.3. The fourth-order valence-corrected chi connectivity index (χ4v) is 3.95. The molecule has 1 aliphatic heterocycles. The lowest BCUT2D eigenvalue weighted by molar-refractivity contribution is -0.140. The first kappa shape index (κ1) is 23.5. The van der Waals surface area contributed by atoms with Crippen molar-refractivity contribution in [3.63, 3.8) is 0 Å². The minimum absolute atomic E-state index is 0.0103. The minimum Gasteiger partial charge on any atom is -0.507 e. The molecule has 0 saturated carbocycles. The number of carbonyl (C=O) groups is 2. The number of hydrogen-bond donors (Lipinski definition) is 1. The molecular weight excluding hydrogens is 406 g/mol. The number of aliphatic hydroxyl groups excluding tert-OH is 1. The van der Waals surface area contributed by atoms with Crippen LogP contribution in [0.25, 0.3) is 5.76 Å². The molecule has 0 radical (unpaired) electrons. The second-order valence-electron chi connectivity index (χ2n) is 8.24. The molecule has 0 bridgehead atoms. The number of benzene rings is 2. The maximum Gasteiger partial charge on any atom is 0.295 e. The number of carbonyl (C=O) groups excluding carboxylic acids is 2. The first-order valence-corrected chi connectivity index (χ1v) is 10.9. The van der Waals surface area contributed by atoms with Crippen molar-refractivity contribution in [1.82, 2.24) is 4.90 Å². The molecule has 2 aromatic carbocycles. The summed E-state index contributed by atoms with van der Waals surface area (Å²) in [5.41, 5.74) is 3.18. The number of likely N-dealkylation sites (tertiary alicyclic amines) is 1. The van der Waals surface area contributed by atoms with E-state index < -0.39 is 17.7 Å². The van der Waals surface area contributed by atoms with Gasteiger partial charge in [-0.3, -0.25) is 9.59 Å². The van der Waals surface area contributed by atoms with Crippen LogP contribution in [-0.4, -0.2) is 47.6 Å². The van der Waals surface area contributed by atoms with Gasteiger partial charge in [-0.25, -0.2) is 0 Å². The van der Waals surface area contributed by atoms with Crippen molar-refractivity contribution in [2.45, 2.75) is 46.8 Å². The summed E-state index contributed by atoms with van der Waals surface area (Å²) in [4.78, 5) is 27.5. The second kappa shape index (κ2) is 10.0. The molecule has 1 atom stereocenters. The van der Waals surface area contributed by atoms with Gasteiger partial charge in [0.05, 0.1) is 30.9 Å². The Labute approximate surface area is 189 Å². The third-order valence-corrected chi connectivity index (χ3v) is 5.43. The van der Waals surface area contributed by atoms with Gasteiger partial charge in [-0.15, -0.1) is 0 Å². The van der Waals surface area contributed by atoms with E-state index in [1.807, 2.05) is 58.9 Å². The van der Waals surface area contributed by atoms with Crippen molar-refractivity contribution in [2.24, 2.45) is 0 Å². The highest BCUT2D eigenvalue weighted by Crippen LogP contribution is 2.40. The summed E-state index contributed by atoms with van der Waals surface area (Å²) in [6.07, 6.45) is 0.0103. The van der Waals surface area contributed by atoms with Gasteiger partial charge in [-0.1, -0.05) is 29.8 Å². The van der Waals surface area contributed by atoms with E-state index in [0.29, 0.717) is 24.5 Å². The number of aliphatic hydroxyl groups is 1. The summed E-state index contributed by atoms with van der Waals surface area (Å²) in [5, 5.41) is 11.2. The molecule has 1 aliphatic rings. The van der Waals surface area contributed by atoms with Crippen molar-refractivity contribution < 1.29 is 24.2 Å². The summed E-state index contributed by atoms with van der Waals surface area (Å²) in [7, 11) is 0. The van der Waals surface area contributed by atoms with Gasteiger partial charge in [0.2, 0.25) is 0 Å². The smallest absolute Gasteiger partial charge is 0.295 e. The second-order valence-corrected chi connectivity index (χ2v) is 8.24. The van der Waals surface area contributed by atoms with Crippen LogP contribution in [0, 0.1) is 13.8 Å². The highest BCUT2D eigenvalue weighted by molar-refractivity contribution is 6.46. The molecule has 1 N–H and O–H groups in total. The number of aryl methyl sites for hydroxylation is 2. The van der Waals surface area contributed by atoms with Crippen LogP contribution in [0.15, 0.2) is 48.0 Å². The normalized spacial score (nSPS) is 17.9. The van der Waals surface area contributed by atoms with Crippen LogP contribution in [0.4, 0.5) is 0 Å². The molecule has 3 rings (SSSR count). The molecule has 0 aromatic heterocycles. The van der Waals surface area contributed by atoms with Gasteiger partial charge in [-0.2, -0.15) is 0 Å². The number of ketones is 1. The van der Waals surface area contributed by atoms with Crippen LogP contribution in [0.5, 0.6) is 5.75 Å². The average molecular weight is 438 g/mol. The third-order valence-electron chi connectivity index (χ3n) is 5.43. The Morgan fingerprint density at radius 3 is 2.50 bits per heavy atom. The Kier molecular flexibility index (Phi) is 7.36. The average Bonchev–Trinajstić information content (AvgIpc) is 2.99. The van der Waals surface area contributed by atoms with Crippen LogP contribution in [0.3, 0.4) is 0 Å². The van der Waals surface area contributed by atoms with Gasteiger partial charge in [-0.05, 0) is 63.9 Å². The maximum atomic E-state index is 13.1. The predicted octanol–water partition coefficient (Wildman–Crippen LogP) is 4.55. The Bertz CT molecular complexity index is 1040. The summed E-state index contributed by atoms with van der Waals surface area (Å²) in [5.74, 6) is -0.794. The number of hydrogen-bond acceptors (Lipinski definition) is 5. The van der Waals surface area contributed by atoms with Crippen LogP contribution in [0.2, 0.25) is 0 Å². The van der Waals surface area contributed by atoms with Gasteiger partial charge in [0.1, 0.15) is 11.5 Å². The lowest BCUT2D eigenvalue weighted by Gasteiger charge is -2.26. The molecule has 0 spiro atoms. The van der Waals surface area contributed by atoms with Gasteiger partial charge >= 0.3 is 0 Å². The van der Waals surface area contributed by atoms with Gasteiger partial charge in [0.15, 0.2) is 0 Å². The zero-order valence-corrected chi connectivity index (χ0v) is 19.3. The molecule has 1 amide bonds. The Morgan fingerprint density at radius 1 is 1.12 bits per heavy atom. The topological polar surface area (TPSA) is 76.1 Å². The lowest BCUT2D eigenvalue weighted by Crippen LogP contribution is -2.33. The minimum atomic E-state index is -0.690. The van der Waals surface area contributed by atoms with Crippen molar-refractivity contribution in [3.8, 4) is 5.75 Å². The lowest BCUT2D eigenvalue weighted by atomic mass is 9.94. The Morgan fingerprint density at radius 2 is 1.88 bits per heavy atom. The van der Waals surface area contributed by atoms with E-state index in [4.69, 9.17) is 9.47 Å². The molecule has 2 aromatic rings.